The van der Waals surface area contributed by atoms with Gasteiger partial charge in [-0.1, -0.05) is 0 Å². The van der Waals surface area contributed by atoms with E-state index in [-0.39, 0.29) is 12.1 Å². The van der Waals surface area contributed by atoms with Crippen molar-refractivity contribution in [2.45, 2.75) is 38.5 Å². The Labute approximate surface area is 204 Å². The highest BCUT2D eigenvalue weighted by Crippen LogP contribution is 2.33. The molecule has 1 unspecified atom stereocenters. The molecule has 172 valence electrons. The third kappa shape index (κ3) is 4.14. The number of amides is 1. The minimum absolute atomic E-state index is 0.0862. The second-order valence-electron chi connectivity index (χ2n) is 8.50. The average Bonchev–Trinajstić information content (AvgIpc) is 3.16. The minimum Gasteiger partial charge on any atom is -0.393 e. The number of rotatable bonds is 4. The highest BCUT2D eigenvalue weighted by atomic mass is 127. The van der Waals surface area contributed by atoms with E-state index < -0.39 is 18.1 Å². The van der Waals surface area contributed by atoms with Gasteiger partial charge in [-0.15, -0.1) is 0 Å². The number of carbonyl (C=O) groups excluding carboxylic acids is 1. The van der Waals surface area contributed by atoms with E-state index in [9.17, 15) is 20.3 Å². The quantitative estimate of drug-likeness (QED) is 0.458. The average molecular weight is 561 g/mol. The van der Waals surface area contributed by atoms with Crippen LogP contribution in [0.5, 0.6) is 0 Å². The summed E-state index contributed by atoms with van der Waals surface area (Å²) in [6.07, 6.45) is 5.01. The number of aliphatic hydroxyl groups is 2. The molecule has 33 heavy (non-hydrogen) atoms. The first-order valence-corrected chi connectivity index (χ1v) is 11.5. The molecular formula is C22H24IN7O3. The largest absolute Gasteiger partial charge is 0.393 e. The maximum Gasteiger partial charge on any atom is 0.257 e. The molecule has 2 N–H and O–H groups in total. The van der Waals surface area contributed by atoms with Crippen LogP contribution in [-0.2, 0) is 4.79 Å². The SMILES string of the molecule is C[C@@H]1CN(c2ncnc3c2c(I)cn3-c2cc(C#N)ccn2)[C@@H](C)CN1C(=O)C(C)(O)CO. The summed E-state index contributed by atoms with van der Waals surface area (Å²) in [7, 11) is 0. The summed E-state index contributed by atoms with van der Waals surface area (Å²) >= 11 is 2.24. The summed E-state index contributed by atoms with van der Waals surface area (Å²) in [5.41, 5.74) is -0.627. The molecule has 3 aromatic heterocycles. The molecule has 0 radical (unpaired) electrons. The number of nitriles is 1. The smallest absolute Gasteiger partial charge is 0.257 e. The standard InChI is InChI=1S/C22H24IN7O3/c1-13-9-29(21(32)22(3,33)11-31)14(2)8-28(13)19-18-16(23)10-30(20(18)27-12-26-19)17-6-15(7-24)4-5-25-17/h4-6,10,12-14,31,33H,8-9,11H2,1-3H3/t13-,14+,22?/m0/s1. The predicted molar refractivity (Wildman–Crippen MR) is 130 cm³/mol. The second kappa shape index (κ2) is 8.85. The Kier molecular flexibility index (Phi) is 6.26. The fraction of sp³-hybridized carbons (Fsp3) is 0.409. The highest BCUT2D eigenvalue weighted by molar-refractivity contribution is 14.1. The molecule has 1 fully saturated rings. The van der Waals surface area contributed by atoms with Gasteiger partial charge in [0.2, 0.25) is 0 Å². The number of pyridine rings is 1. The molecule has 0 saturated carbocycles. The predicted octanol–water partition coefficient (Wildman–Crippen LogP) is 1.46. The first kappa shape index (κ1) is 23.3. The van der Waals surface area contributed by atoms with Crippen molar-refractivity contribution in [3.63, 3.8) is 0 Å². The van der Waals surface area contributed by atoms with Crippen LogP contribution in [-0.4, -0.2) is 77.9 Å². The van der Waals surface area contributed by atoms with Gasteiger partial charge in [-0.2, -0.15) is 5.26 Å². The van der Waals surface area contributed by atoms with Crippen molar-refractivity contribution in [1.29, 1.82) is 5.26 Å². The van der Waals surface area contributed by atoms with Gasteiger partial charge in [-0.05, 0) is 55.5 Å². The zero-order chi connectivity index (χ0) is 23.9. The number of hydrogen-bond acceptors (Lipinski definition) is 8. The Morgan fingerprint density at radius 1 is 1.30 bits per heavy atom. The number of nitrogens with zero attached hydrogens (tertiary/aromatic N) is 7. The number of aromatic nitrogens is 4. The summed E-state index contributed by atoms with van der Waals surface area (Å²) in [6, 6.07) is 5.20. The number of hydrogen-bond donors (Lipinski definition) is 2. The van der Waals surface area contributed by atoms with Crippen LogP contribution in [0.2, 0.25) is 0 Å². The van der Waals surface area contributed by atoms with Crippen LogP contribution < -0.4 is 4.90 Å². The molecule has 1 aliphatic heterocycles. The molecule has 1 saturated heterocycles. The van der Waals surface area contributed by atoms with Crippen molar-refractivity contribution in [1.82, 2.24) is 24.4 Å². The van der Waals surface area contributed by atoms with E-state index in [0.717, 1.165) is 14.8 Å². The molecule has 3 atom stereocenters. The maximum absolute atomic E-state index is 12.8. The van der Waals surface area contributed by atoms with Crippen LogP contribution in [0.15, 0.2) is 30.9 Å². The van der Waals surface area contributed by atoms with Crippen LogP contribution in [0.25, 0.3) is 16.9 Å². The third-order valence-electron chi connectivity index (χ3n) is 5.93. The monoisotopic (exact) mass is 561 g/mol. The van der Waals surface area contributed by atoms with Crippen molar-refractivity contribution in [3.05, 3.63) is 40.0 Å². The zero-order valence-corrected chi connectivity index (χ0v) is 20.6. The van der Waals surface area contributed by atoms with Gasteiger partial charge >= 0.3 is 0 Å². The van der Waals surface area contributed by atoms with Gasteiger partial charge in [-0.25, -0.2) is 15.0 Å². The Hall–Kier alpha value is -2.82. The molecular weight excluding hydrogens is 537 g/mol. The molecule has 4 heterocycles. The van der Waals surface area contributed by atoms with Crippen molar-refractivity contribution in [2.75, 3.05) is 24.6 Å². The van der Waals surface area contributed by atoms with Crippen LogP contribution in [0.4, 0.5) is 5.82 Å². The molecule has 0 aliphatic carbocycles. The molecule has 10 nitrogen and oxygen atoms in total. The lowest BCUT2D eigenvalue weighted by molar-refractivity contribution is -0.156. The van der Waals surface area contributed by atoms with E-state index in [1.165, 1.54) is 13.3 Å². The van der Waals surface area contributed by atoms with E-state index in [0.29, 0.717) is 30.1 Å². The van der Waals surface area contributed by atoms with E-state index in [4.69, 9.17) is 0 Å². The maximum atomic E-state index is 12.8. The third-order valence-corrected chi connectivity index (χ3v) is 6.74. The first-order chi connectivity index (χ1) is 15.7. The number of anilines is 1. The van der Waals surface area contributed by atoms with E-state index >= 15 is 0 Å². The summed E-state index contributed by atoms with van der Waals surface area (Å²) in [4.78, 5) is 30.0. The van der Waals surface area contributed by atoms with E-state index in [1.807, 2.05) is 24.6 Å². The van der Waals surface area contributed by atoms with Gasteiger partial charge in [0.15, 0.2) is 11.2 Å². The van der Waals surface area contributed by atoms with Crippen LogP contribution in [0.3, 0.4) is 0 Å². The zero-order valence-electron chi connectivity index (χ0n) is 18.5. The number of aliphatic hydroxyl groups excluding tert-OH is 1. The summed E-state index contributed by atoms with van der Waals surface area (Å²) < 4.78 is 2.78. The Bertz CT molecular complexity index is 1250. The molecule has 4 rings (SSSR count). The summed E-state index contributed by atoms with van der Waals surface area (Å²) in [5.74, 6) is 0.857. The van der Waals surface area contributed by atoms with Crippen molar-refractivity contribution < 1.29 is 15.0 Å². The Morgan fingerprint density at radius 2 is 2.06 bits per heavy atom. The Morgan fingerprint density at radius 3 is 2.76 bits per heavy atom. The van der Waals surface area contributed by atoms with Gasteiger partial charge in [0, 0.05) is 41.1 Å². The molecule has 1 aliphatic rings. The Balaban J connectivity index is 1.72. The lowest BCUT2D eigenvalue weighted by Gasteiger charge is -2.46. The van der Waals surface area contributed by atoms with Gasteiger partial charge in [0.05, 0.1) is 23.6 Å². The fourth-order valence-corrected chi connectivity index (χ4v) is 4.86. The molecule has 0 aromatic carbocycles. The van der Waals surface area contributed by atoms with Gasteiger partial charge in [-0.3, -0.25) is 9.36 Å². The fourth-order valence-electron chi connectivity index (χ4n) is 4.10. The minimum atomic E-state index is -1.81. The van der Waals surface area contributed by atoms with Crippen LogP contribution in [0.1, 0.15) is 26.3 Å². The lowest BCUT2D eigenvalue weighted by Crippen LogP contribution is -2.62. The highest BCUT2D eigenvalue weighted by Gasteiger charge is 2.40. The van der Waals surface area contributed by atoms with Gasteiger partial charge in [0.1, 0.15) is 18.0 Å². The molecule has 0 spiro atoms. The molecule has 11 heteroatoms. The topological polar surface area (TPSA) is 131 Å². The number of carbonyl (C=O) groups is 1. The number of halogens is 1. The van der Waals surface area contributed by atoms with E-state index in [1.54, 1.807) is 23.2 Å². The van der Waals surface area contributed by atoms with Gasteiger partial charge in [0.25, 0.3) is 5.91 Å². The number of fused-ring (bicyclic) bond motifs is 1. The normalized spacial score (nSPS) is 20.5. The molecule has 3 aromatic rings. The van der Waals surface area contributed by atoms with Gasteiger partial charge < -0.3 is 20.0 Å². The second-order valence-corrected chi connectivity index (χ2v) is 9.66. The van der Waals surface area contributed by atoms with Crippen LogP contribution in [0, 0.1) is 14.9 Å². The lowest BCUT2D eigenvalue weighted by atomic mass is 10.0. The molecule has 1 amide bonds. The van der Waals surface area contributed by atoms with Crippen molar-refractivity contribution >= 4 is 45.3 Å². The van der Waals surface area contributed by atoms with Crippen molar-refractivity contribution in [2.24, 2.45) is 0 Å². The first-order valence-electron chi connectivity index (χ1n) is 10.5. The van der Waals surface area contributed by atoms with Crippen molar-refractivity contribution in [3.8, 4) is 11.9 Å². The summed E-state index contributed by atoms with van der Waals surface area (Å²) in [5, 5.41) is 29.8. The van der Waals surface area contributed by atoms with E-state index in [2.05, 4.69) is 48.5 Å². The summed E-state index contributed by atoms with van der Waals surface area (Å²) in [6.45, 7) is 5.49. The van der Waals surface area contributed by atoms with Crippen LogP contribution >= 0.6 is 22.6 Å². The molecule has 0 bridgehead atoms. The number of piperazine rings is 1.